The van der Waals surface area contributed by atoms with Crippen LogP contribution in [0.25, 0.3) is 21.8 Å². The van der Waals surface area contributed by atoms with Gasteiger partial charge in [0, 0.05) is 16.3 Å². The minimum absolute atomic E-state index is 0.325. The van der Waals surface area contributed by atoms with Crippen molar-refractivity contribution in [2.45, 2.75) is 0 Å². The summed E-state index contributed by atoms with van der Waals surface area (Å²) in [6, 6.07) is 10.7. The number of H-pyrrole nitrogens is 1. The van der Waals surface area contributed by atoms with Gasteiger partial charge in [-0.1, -0.05) is 18.2 Å². The van der Waals surface area contributed by atoms with E-state index in [1.165, 1.54) is 6.07 Å². The first-order valence-corrected chi connectivity index (χ1v) is 4.65. The number of aromatic nitrogens is 1. The molecule has 0 fully saturated rings. The Bertz CT molecular complexity index is 657. The summed E-state index contributed by atoms with van der Waals surface area (Å²) in [5.74, 6) is -0.919. The molecule has 2 N–H and O–H groups in total. The van der Waals surface area contributed by atoms with Gasteiger partial charge in [0.25, 0.3) is 0 Å². The molecule has 2 nitrogen and oxygen atoms in total. The van der Waals surface area contributed by atoms with Crippen LogP contribution in [-0.4, -0.2) is 10.1 Å². The number of aromatic amines is 1. The van der Waals surface area contributed by atoms with Crippen LogP contribution in [0.3, 0.4) is 0 Å². The number of nitrogens with one attached hydrogen (secondary N) is 1. The predicted molar refractivity (Wildman–Crippen MR) is 57.4 cm³/mol. The molecular weight excluding hydrogens is 193 g/mol. The van der Waals surface area contributed by atoms with Crippen LogP contribution < -0.4 is 0 Å². The molecule has 2 aromatic carbocycles. The van der Waals surface area contributed by atoms with E-state index in [9.17, 15) is 9.50 Å². The number of rotatable bonds is 0. The maximum atomic E-state index is 13.6. The van der Waals surface area contributed by atoms with Crippen LogP contribution in [0.2, 0.25) is 0 Å². The molecule has 0 saturated heterocycles. The van der Waals surface area contributed by atoms with E-state index in [0.29, 0.717) is 5.52 Å². The molecule has 0 bridgehead atoms. The van der Waals surface area contributed by atoms with Gasteiger partial charge in [0.1, 0.15) is 0 Å². The third-order valence-corrected chi connectivity index (χ3v) is 2.60. The monoisotopic (exact) mass is 201 g/mol. The first-order valence-electron chi connectivity index (χ1n) is 4.65. The molecule has 3 aromatic rings. The SMILES string of the molecule is Oc1ccc2c([nH]c3ccccc32)c1F. The maximum Gasteiger partial charge on any atom is 0.188 e. The van der Waals surface area contributed by atoms with Crippen molar-refractivity contribution in [2.24, 2.45) is 0 Å². The summed E-state index contributed by atoms with van der Waals surface area (Å²) in [6.07, 6.45) is 0. The van der Waals surface area contributed by atoms with Crippen molar-refractivity contribution >= 4 is 21.8 Å². The molecular formula is C12H8FNO. The van der Waals surface area contributed by atoms with Crippen LogP contribution in [0, 0.1) is 5.82 Å². The summed E-state index contributed by atoms with van der Waals surface area (Å²) in [5.41, 5.74) is 1.23. The van der Waals surface area contributed by atoms with Gasteiger partial charge in [-0.15, -0.1) is 0 Å². The second-order valence-corrected chi connectivity index (χ2v) is 3.49. The lowest BCUT2D eigenvalue weighted by molar-refractivity contribution is 0.435. The highest BCUT2D eigenvalue weighted by molar-refractivity contribution is 6.07. The summed E-state index contributed by atoms with van der Waals surface area (Å²) in [7, 11) is 0. The molecule has 1 heterocycles. The zero-order chi connectivity index (χ0) is 10.4. The number of hydrogen-bond donors (Lipinski definition) is 2. The molecule has 3 rings (SSSR count). The van der Waals surface area contributed by atoms with Crippen molar-refractivity contribution in [3.05, 3.63) is 42.2 Å². The Kier molecular flexibility index (Phi) is 1.51. The Morgan fingerprint density at radius 3 is 2.67 bits per heavy atom. The quantitative estimate of drug-likeness (QED) is 0.575. The molecule has 74 valence electrons. The zero-order valence-corrected chi connectivity index (χ0v) is 7.79. The molecule has 0 amide bonds. The van der Waals surface area contributed by atoms with E-state index in [0.717, 1.165) is 16.3 Å². The fraction of sp³-hybridized carbons (Fsp3) is 0. The second kappa shape index (κ2) is 2.73. The first kappa shape index (κ1) is 8.29. The Hall–Kier alpha value is -2.03. The molecule has 15 heavy (non-hydrogen) atoms. The van der Waals surface area contributed by atoms with Gasteiger partial charge in [-0.25, -0.2) is 4.39 Å². The van der Waals surface area contributed by atoms with E-state index in [4.69, 9.17) is 0 Å². The Morgan fingerprint density at radius 1 is 1.00 bits per heavy atom. The van der Waals surface area contributed by atoms with Crippen LogP contribution in [0.4, 0.5) is 4.39 Å². The third-order valence-electron chi connectivity index (χ3n) is 2.60. The highest BCUT2D eigenvalue weighted by Crippen LogP contribution is 2.30. The molecule has 0 atom stereocenters. The van der Waals surface area contributed by atoms with Crippen molar-refractivity contribution in [1.82, 2.24) is 4.98 Å². The fourth-order valence-corrected chi connectivity index (χ4v) is 1.87. The molecule has 0 unspecified atom stereocenters. The Balaban J connectivity index is 2.60. The van der Waals surface area contributed by atoms with Crippen LogP contribution in [0.1, 0.15) is 0 Å². The van der Waals surface area contributed by atoms with Crippen LogP contribution in [0.5, 0.6) is 5.75 Å². The van der Waals surface area contributed by atoms with E-state index in [1.807, 2.05) is 24.3 Å². The average Bonchev–Trinajstić information content (AvgIpc) is 2.63. The second-order valence-electron chi connectivity index (χ2n) is 3.49. The summed E-state index contributed by atoms with van der Waals surface area (Å²) < 4.78 is 13.6. The van der Waals surface area contributed by atoms with Gasteiger partial charge in [0.15, 0.2) is 11.6 Å². The molecule has 0 aliphatic heterocycles. The number of halogens is 1. The number of aromatic hydroxyl groups is 1. The van der Waals surface area contributed by atoms with Crippen molar-refractivity contribution in [1.29, 1.82) is 0 Å². The number of fused-ring (bicyclic) bond motifs is 3. The van der Waals surface area contributed by atoms with Crippen LogP contribution >= 0.6 is 0 Å². The number of phenolic OH excluding ortho intramolecular Hbond substituents is 1. The Labute approximate surface area is 85.0 Å². The lowest BCUT2D eigenvalue weighted by Gasteiger charge is -1.95. The molecule has 1 aromatic heterocycles. The fourth-order valence-electron chi connectivity index (χ4n) is 1.87. The largest absolute Gasteiger partial charge is 0.505 e. The molecule has 3 heteroatoms. The highest BCUT2D eigenvalue weighted by atomic mass is 19.1. The van der Waals surface area contributed by atoms with Crippen LogP contribution in [-0.2, 0) is 0 Å². The number of benzene rings is 2. The van der Waals surface area contributed by atoms with Gasteiger partial charge in [0.05, 0.1) is 5.52 Å². The molecule has 0 radical (unpaired) electrons. The van der Waals surface area contributed by atoms with Gasteiger partial charge in [-0.3, -0.25) is 0 Å². The van der Waals surface area contributed by atoms with Crippen molar-refractivity contribution in [3.63, 3.8) is 0 Å². The van der Waals surface area contributed by atoms with Gasteiger partial charge in [0.2, 0.25) is 0 Å². The van der Waals surface area contributed by atoms with E-state index in [1.54, 1.807) is 6.07 Å². The average molecular weight is 201 g/mol. The predicted octanol–water partition coefficient (Wildman–Crippen LogP) is 3.17. The summed E-state index contributed by atoms with van der Waals surface area (Å²) in [6.45, 7) is 0. The molecule has 0 saturated carbocycles. The van der Waals surface area contributed by atoms with E-state index < -0.39 is 5.82 Å². The first-order chi connectivity index (χ1) is 7.27. The highest BCUT2D eigenvalue weighted by Gasteiger charge is 2.10. The standard InChI is InChI=1S/C12H8FNO/c13-11-10(15)6-5-8-7-3-1-2-4-9(7)14-12(8)11/h1-6,14-15H. The summed E-state index contributed by atoms with van der Waals surface area (Å²) in [5, 5.41) is 11.0. The minimum Gasteiger partial charge on any atom is -0.505 e. The van der Waals surface area contributed by atoms with Crippen molar-refractivity contribution in [3.8, 4) is 5.75 Å². The lowest BCUT2D eigenvalue weighted by atomic mass is 10.1. The van der Waals surface area contributed by atoms with E-state index in [-0.39, 0.29) is 5.75 Å². The van der Waals surface area contributed by atoms with Crippen molar-refractivity contribution < 1.29 is 9.50 Å². The van der Waals surface area contributed by atoms with Gasteiger partial charge in [-0.2, -0.15) is 0 Å². The lowest BCUT2D eigenvalue weighted by Crippen LogP contribution is -1.78. The van der Waals surface area contributed by atoms with Gasteiger partial charge >= 0.3 is 0 Å². The van der Waals surface area contributed by atoms with Gasteiger partial charge < -0.3 is 10.1 Å². The summed E-state index contributed by atoms with van der Waals surface area (Å²) >= 11 is 0. The van der Waals surface area contributed by atoms with E-state index >= 15 is 0 Å². The smallest absolute Gasteiger partial charge is 0.188 e. The third kappa shape index (κ3) is 1.03. The maximum absolute atomic E-state index is 13.6. The van der Waals surface area contributed by atoms with Crippen molar-refractivity contribution in [2.75, 3.05) is 0 Å². The zero-order valence-electron chi connectivity index (χ0n) is 7.79. The normalized spacial score (nSPS) is 11.3. The molecule has 0 spiro atoms. The molecule has 0 aliphatic rings. The topological polar surface area (TPSA) is 36.0 Å². The number of para-hydroxylation sites is 1. The number of phenols is 1. The minimum atomic E-state index is -0.594. The molecule has 0 aliphatic carbocycles. The Morgan fingerprint density at radius 2 is 1.80 bits per heavy atom. The van der Waals surface area contributed by atoms with Crippen LogP contribution in [0.15, 0.2) is 36.4 Å². The van der Waals surface area contributed by atoms with E-state index in [2.05, 4.69) is 4.98 Å². The summed E-state index contributed by atoms with van der Waals surface area (Å²) in [4.78, 5) is 2.95. The van der Waals surface area contributed by atoms with Gasteiger partial charge in [-0.05, 0) is 18.2 Å². The number of hydrogen-bond acceptors (Lipinski definition) is 1.